The maximum Gasteiger partial charge on any atom is 0.260 e. The van der Waals surface area contributed by atoms with Crippen LogP contribution in [-0.2, 0) is 4.79 Å². The van der Waals surface area contributed by atoms with E-state index < -0.39 is 0 Å². The molecule has 0 saturated carbocycles. The molecule has 1 aliphatic heterocycles. The third-order valence-corrected chi connectivity index (χ3v) is 3.56. The second-order valence-electron chi connectivity index (χ2n) is 3.95. The first kappa shape index (κ1) is 12.7. The largest absolute Gasteiger partial charge is 0.483 e. The van der Waals surface area contributed by atoms with E-state index in [1.54, 1.807) is 18.2 Å². The maximum absolute atomic E-state index is 11.8. The van der Waals surface area contributed by atoms with E-state index >= 15 is 0 Å². The van der Waals surface area contributed by atoms with Crippen molar-refractivity contribution in [2.45, 2.75) is 12.8 Å². The first-order chi connectivity index (χ1) is 8.16. The van der Waals surface area contributed by atoms with Crippen LogP contribution in [-0.4, -0.2) is 30.5 Å². The highest BCUT2D eigenvalue weighted by atomic mass is 79.9. The second kappa shape index (κ2) is 5.74. The minimum atomic E-state index is 0.0457. The van der Waals surface area contributed by atoms with E-state index in [0.717, 1.165) is 30.4 Å². The number of carbonyl (C=O) groups excluding carboxylic acids is 1. The van der Waals surface area contributed by atoms with Crippen LogP contribution in [0.5, 0.6) is 5.75 Å². The van der Waals surface area contributed by atoms with Crippen LogP contribution in [0.1, 0.15) is 12.8 Å². The van der Waals surface area contributed by atoms with Gasteiger partial charge in [0.2, 0.25) is 0 Å². The summed E-state index contributed by atoms with van der Waals surface area (Å²) in [6, 6.07) is 5.24. The van der Waals surface area contributed by atoms with E-state index in [2.05, 4.69) is 15.9 Å². The predicted molar refractivity (Wildman–Crippen MR) is 70.5 cm³/mol. The highest BCUT2D eigenvalue weighted by Gasteiger charge is 2.18. The number of hydrogen-bond donors (Lipinski definition) is 0. The normalized spacial score (nSPS) is 15.1. The number of hydrogen-bond acceptors (Lipinski definition) is 2. The van der Waals surface area contributed by atoms with Gasteiger partial charge < -0.3 is 9.64 Å². The van der Waals surface area contributed by atoms with Gasteiger partial charge in [0, 0.05) is 18.1 Å². The summed E-state index contributed by atoms with van der Waals surface area (Å²) in [4.78, 5) is 13.6. The molecule has 1 aromatic rings. The Morgan fingerprint density at radius 1 is 1.41 bits per heavy atom. The number of halogens is 2. The topological polar surface area (TPSA) is 29.5 Å². The Hall–Kier alpha value is -0.740. The standard InChI is InChI=1S/C12H13BrClNO2/c13-10-7-9(14)3-4-11(10)17-8-12(16)15-5-1-2-6-15/h3-4,7H,1-2,5-6,8H2. The molecule has 17 heavy (non-hydrogen) atoms. The molecule has 0 N–H and O–H groups in total. The van der Waals surface area contributed by atoms with Gasteiger partial charge in [0.25, 0.3) is 5.91 Å². The van der Waals surface area contributed by atoms with Crippen LogP contribution in [0.2, 0.25) is 5.02 Å². The fraction of sp³-hybridized carbons (Fsp3) is 0.417. The van der Waals surface area contributed by atoms with Crippen LogP contribution in [0.25, 0.3) is 0 Å². The van der Waals surface area contributed by atoms with E-state index in [1.807, 2.05) is 4.90 Å². The lowest BCUT2D eigenvalue weighted by atomic mass is 10.3. The van der Waals surface area contributed by atoms with E-state index in [9.17, 15) is 4.79 Å². The Balaban J connectivity index is 1.90. The first-order valence-corrected chi connectivity index (χ1v) is 6.69. The number of carbonyl (C=O) groups is 1. The lowest BCUT2D eigenvalue weighted by molar-refractivity contribution is -0.132. The van der Waals surface area contributed by atoms with Crippen molar-refractivity contribution in [2.75, 3.05) is 19.7 Å². The zero-order valence-electron chi connectivity index (χ0n) is 9.29. The molecule has 3 nitrogen and oxygen atoms in total. The molecule has 0 radical (unpaired) electrons. The number of rotatable bonds is 3. The summed E-state index contributed by atoms with van der Waals surface area (Å²) < 4.78 is 6.23. The monoisotopic (exact) mass is 317 g/mol. The zero-order valence-corrected chi connectivity index (χ0v) is 11.6. The Kier molecular flexibility index (Phi) is 4.29. The van der Waals surface area contributed by atoms with Crippen molar-refractivity contribution in [1.29, 1.82) is 0 Å². The van der Waals surface area contributed by atoms with E-state index in [1.165, 1.54) is 0 Å². The van der Waals surface area contributed by atoms with Crippen LogP contribution in [0.3, 0.4) is 0 Å². The summed E-state index contributed by atoms with van der Waals surface area (Å²) >= 11 is 9.17. The van der Waals surface area contributed by atoms with Crippen LogP contribution < -0.4 is 4.74 Å². The summed E-state index contributed by atoms with van der Waals surface area (Å²) in [7, 11) is 0. The third kappa shape index (κ3) is 3.36. The second-order valence-corrected chi connectivity index (χ2v) is 5.24. The molecule has 0 bridgehead atoms. The van der Waals surface area contributed by atoms with Crippen LogP contribution in [0.4, 0.5) is 0 Å². The van der Waals surface area contributed by atoms with Gasteiger partial charge in [0.1, 0.15) is 5.75 Å². The molecular formula is C12H13BrClNO2. The van der Waals surface area contributed by atoms with Gasteiger partial charge in [-0.25, -0.2) is 0 Å². The number of nitrogens with zero attached hydrogens (tertiary/aromatic N) is 1. The average Bonchev–Trinajstić information content (AvgIpc) is 2.81. The van der Waals surface area contributed by atoms with E-state index in [-0.39, 0.29) is 12.5 Å². The number of benzene rings is 1. The van der Waals surface area contributed by atoms with E-state index in [0.29, 0.717) is 10.8 Å². The third-order valence-electron chi connectivity index (χ3n) is 2.70. The molecular weight excluding hydrogens is 305 g/mol. The molecule has 0 atom stereocenters. The molecule has 1 saturated heterocycles. The summed E-state index contributed by atoms with van der Waals surface area (Å²) in [6.45, 7) is 1.79. The molecule has 1 aliphatic rings. The fourth-order valence-corrected chi connectivity index (χ4v) is 2.59. The minimum absolute atomic E-state index is 0.0457. The summed E-state index contributed by atoms with van der Waals surface area (Å²) in [5.74, 6) is 0.686. The van der Waals surface area contributed by atoms with Crippen molar-refractivity contribution in [3.63, 3.8) is 0 Å². The summed E-state index contributed by atoms with van der Waals surface area (Å²) in [5.41, 5.74) is 0. The molecule has 0 aromatic heterocycles. The Morgan fingerprint density at radius 3 is 2.76 bits per heavy atom. The van der Waals surface area contributed by atoms with E-state index in [4.69, 9.17) is 16.3 Å². The van der Waals surface area contributed by atoms with Gasteiger partial charge in [-0.05, 0) is 47.0 Å². The lowest BCUT2D eigenvalue weighted by Crippen LogP contribution is -2.32. The van der Waals surface area contributed by atoms with Crippen molar-refractivity contribution in [3.8, 4) is 5.75 Å². The van der Waals surface area contributed by atoms with Crippen LogP contribution >= 0.6 is 27.5 Å². The number of amides is 1. The van der Waals surface area contributed by atoms with Crippen molar-refractivity contribution in [1.82, 2.24) is 4.90 Å². The van der Waals surface area contributed by atoms with Gasteiger partial charge in [0.15, 0.2) is 6.61 Å². The highest BCUT2D eigenvalue weighted by molar-refractivity contribution is 9.10. The van der Waals surface area contributed by atoms with Crippen molar-refractivity contribution in [2.24, 2.45) is 0 Å². The van der Waals surface area contributed by atoms with Gasteiger partial charge in [-0.15, -0.1) is 0 Å². The van der Waals surface area contributed by atoms with Gasteiger partial charge in [-0.2, -0.15) is 0 Å². The Morgan fingerprint density at radius 2 is 2.12 bits per heavy atom. The summed E-state index contributed by atoms with van der Waals surface area (Å²) in [5, 5.41) is 0.634. The molecule has 1 amide bonds. The number of likely N-dealkylation sites (tertiary alicyclic amines) is 1. The van der Waals surface area contributed by atoms with Gasteiger partial charge in [-0.3, -0.25) is 4.79 Å². The smallest absolute Gasteiger partial charge is 0.260 e. The van der Waals surface area contributed by atoms with Gasteiger partial charge in [-0.1, -0.05) is 11.6 Å². The lowest BCUT2D eigenvalue weighted by Gasteiger charge is -2.16. The molecule has 0 unspecified atom stereocenters. The fourth-order valence-electron chi connectivity index (χ4n) is 1.79. The van der Waals surface area contributed by atoms with Gasteiger partial charge in [0.05, 0.1) is 4.47 Å². The quantitative estimate of drug-likeness (QED) is 0.857. The summed E-state index contributed by atoms with van der Waals surface area (Å²) in [6.07, 6.45) is 2.19. The van der Waals surface area contributed by atoms with Crippen LogP contribution in [0, 0.1) is 0 Å². The molecule has 0 spiro atoms. The maximum atomic E-state index is 11.8. The molecule has 1 heterocycles. The number of ether oxygens (including phenoxy) is 1. The Bertz CT molecular complexity index is 419. The molecule has 1 aromatic carbocycles. The minimum Gasteiger partial charge on any atom is -0.483 e. The van der Waals surface area contributed by atoms with Crippen molar-refractivity contribution >= 4 is 33.4 Å². The Labute approximate surface area is 114 Å². The van der Waals surface area contributed by atoms with Crippen LogP contribution in [0.15, 0.2) is 22.7 Å². The first-order valence-electron chi connectivity index (χ1n) is 5.52. The highest BCUT2D eigenvalue weighted by Crippen LogP contribution is 2.28. The SMILES string of the molecule is O=C(COc1ccc(Cl)cc1Br)N1CCCC1. The molecule has 1 fully saturated rings. The zero-order chi connectivity index (χ0) is 12.3. The molecule has 92 valence electrons. The molecule has 0 aliphatic carbocycles. The van der Waals surface area contributed by atoms with Crippen molar-refractivity contribution < 1.29 is 9.53 Å². The van der Waals surface area contributed by atoms with Gasteiger partial charge >= 0.3 is 0 Å². The average molecular weight is 319 g/mol. The predicted octanol–water partition coefficient (Wildman–Crippen LogP) is 3.10. The molecule has 2 rings (SSSR count). The van der Waals surface area contributed by atoms with Crippen molar-refractivity contribution in [3.05, 3.63) is 27.7 Å². The molecule has 5 heteroatoms.